The number of nitrogens with zero attached hydrogens (tertiary/aromatic N) is 2. The molecule has 1 saturated heterocycles. The minimum atomic E-state index is -0.0777. The summed E-state index contributed by atoms with van der Waals surface area (Å²) >= 11 is 0. The number of morpholine rings is 1. The van der Waals surface area contributed by atoms with Gasteiger partial charge in [-0.3, -0.25) is 4.79 Å². The zero-order valence-electron chi connectivity index (χ0n) is 13.1. The van der Waals surface area contributed by atoms with Gasteiger partial charge in [0, 0.05) is 18.5 Å². The van der Waals surface area contributed by atoms with Crippen LogP contribution >= 0.6 is 0 Å². The van der Waals surface area contributed by atoms with Crippen LogP contribution in [0.5, 0.6) is 5.88 Å². The molecule has 0 bridgehead atoms. The average molecular weight is 300 g/mol. The number of benzene rings is 1. The minimum Gasteiger partial charge on any atom is -0.481 e. The fourth-order valence-corrected chi connectivity index (χ4v) is 2.94. The molecule has 0 aliphatic carbocycles. The fourth-order valence-electron chi connectivity index (χ4n) is 2.94. The summed E-state index contributed by atoms with van der Waals surface area (Å²) in [6, 6.07) is 9.59. The summed E-state index contributed by atoms with van der Waals surface area (Å²) < 4.78 is 11.0. The second-order valence-electron chi connectivity index (χ2n) is 5.71. The molecule has 2 unspecified atom stereocenters. The molecule has 5 heteroatoms. The van der Waals surface area contributed by atoms with Gasteiger partial charge in [-0.05, 0) is 31.4 Å². The first-order valence-corrected chi connectivity index (χ1v) is 7.47. The van der Waals surface area contributed by atoms with Gasteiger partial charge >= 0.3 is 0 Å². The summed E-state index contributed by atoms with van der Waals surface area (Å²) in [5.74, 6) is 0.404. The summed E-state index contributed by atoms with van der Waals surface area (Å²) in [5.41, 5.74) is 0.414. The third kappa shape index (κ3) is 2.76. The van der Waals surface area contributed by atoms with Crippen molar-refractivity contribution in [2.75, 3.05) is 20.2 Å². The first-order valence-electron chi connectivity index (χ1n) is 7.47. The van der Waals surface area contributed by atoms with Crippen molar-refractivity contribution >= 4 is 16.7 Å². The monoisotopic (exact) mass is 300 g/mol. The van der Waals surface area contributed by atoms with Gasteiger partial charge in [-0.2, -0.15) is 0 Å². The molecule has 1 aliphatic heterocycles. The highest BCUT2D eigenvalue weighted by atomic mass is 16.5. The van der Waals surface area contributed by atoms with E-state index >= 15 is 0 Å². The molecule has 0 N–H and O–H groups in total. The number of amides is 1. The van der Waals surface area contributed by atoms with Crippen LogP contribution < -0.4 is 4.74 Å². The van der Waals surface area contributed by atoms with Gasteiger partial charge < -0.3 is 14.4 Å². The van der Waals surface area contributed by atoms with Crippen LogP contribution in [0.2, 0.25) is 0 Å². The first kappa shape index (κ1) is 14.8. The number of carbonyl (C=O) groups excluding carboxylic acids is 1. The van der Waals surface area contributed by atoms with Crippen LogP contribution in [0.1, 0.15) is 24.3 Å². The summed E-state index contributed by atoms with van der Waals surface area (Å²) in [6.45, 7) is 5.12. The molecule has 5 nitrogen and oxygen atoms in total. The van der Waals surface area contributed by atoms with Crippen LogP contribution in [0, 0.1) is 0 Å². The maximum atomic E-state index is 12.8. The molecule has 1 fully saturated rings. The van der Waals surface area contributed by atoms with E-state index in [9.17, 15) is 4.79 Å². The molecule has 0 saturated carbocycles. The van der Waals surface area contributed by atoms with Gasteiger partial charge in [0.05, 0.1) is 19.3 Å². The molecule has 2 heterocycles. The normalized spacial score (nSPS) is 21.9. The van der Waals surface area contributed by atoms with Crippen molar-refractivity contribution in [1.82, 2.24) is 9.88 Å². The van der Waals surface area contributed by atoms with E-state index in [4.69, 9.17) is 9.47 Å². The van der Waals surface area contributed by atoms with Crippen LogP contribution in [-0.4, -0.2) is 48.2 Å². The van der Waals surface area contributed by atoms with E-state index in [1.54, 1.807) is 12.0 Å². The van der Waals surface area contributed by atoms with E-state index in [1.165, 1.54) is 0 Å². The zero-order valence-corrected chi connectivity index (χ0v) is 13.1. The maximum absolute atomic E-state index is 12.8. The summed E-state index contributed by atoms with van der Waals surface area (Å²) in [7, 11) is 1.57. The van der Waals surface area contributed by atoms with Crippen molar-refractivity contribution in [3.63, 3.8) is 0 Å². The van der Waals surface area contributed by atoms with Crippen LogP contribution in [0.4, 0.5) is 0 Å². The lowest BCUT2D eigenvalue weighted by atomic mass is 10.1. The number of hydrogen-bond donors (Lipinski definition) is 0. The number of rotatable bonds is 2. The highest BCUT2D eigenvalue weighted by molar-refractivity contribution is 5.98. The standard InChI is InChI=1S/C17H20N2O3/c1-11-9-19(10-12(2)22-11)17(20)15-8-13-6-4-5-7-14(13)16(18-15)21-3/h4-8,11-12H,9-10H2,1-3H3. The van der Waals surface area contributed by atoms with Crippen molar-refractivity contribution in [1.29, 1.82) is 0 Å². The predicted octanol–water partition coefficient (Wildman–Crippen LogP) is 2.49. The number of methoxy groups -OCH3 is 1. The van der Waals surface area contributed by atoms with E-state index in [-0.39, 0.29) is 18.1 Å². The van der Waals surface area contributed by atoms with E-state index in [0.29, 0.717) is 24.7 Å². The number of fused-ring (bicyclic) bond motifs is 1. The smallest absolute Gasteiger partial charge is 0.272 e. The Morgan fingerprint density at radius 3 is 2.64 bits per heavy atom. The molecular weight excluding hydrogens is 280 g/mol. The Hall–Kier alpha value is -2.14. The number of pyridine rings is 1. The van der Waals surface area contributed by atoms with Crippen LogP contribution in [0.15, 0.2) is 30.3 Å². The van der Waals surface area contributed by atoms with Crippen molar-refractivity contribution in [3.05, 3.63) is 36.0 Å². The van der Waals surface area contributed by atoms with E-state index < -0.39 is 0 Å². The largest absolute Gasteiger partial charge is 0.481 e. The Kier molecular flexibility index (Phi) is 3.98. The summed E-state index contributed by atoms with van der Waals surface area (Å²) in [5, 5.41) is 1.86. The van der Waals surface area contributed by atoms with Gasteiger partial charge in [-0.15, -0.1) is 0 Å². The number of hydrogen-bond acceptors (Lipinski definition) is 4. The number of ether oxygens (including phenoxy) is 2. The highest BCUT2D eigenvalue weighted by Crippen LogP contribution is 2.25. The van der Waals surface area contributed by atoms with E-state index in [1.807, 2.05) is 44.2 Å². The van der Waals surface area contributed by atoms with Crippen molar-refractivity contribution in [2.24, 2.45) is 0 Å². The van der Waals surface area contributed by atoms with Gasteiger partial charge in [0.25, 0.3) is 5.91 Å². The Bertz CT molecular complexity index is 691. The lowest BCUT2D eigenvalue weighted by Crippen LogP contribution is -2.48. The molecular formula is C17H20N2O3. The lowest BCUT2D eigenvalue weighted by molar-refractivity contribution is -0.0587. The van der Waals surface area contributed by atoms with Crippen LogP contribution in [0.3, 0.4) is 0 Å². The highest BCUT2D eigenvalue weighted by Gasteiger charge is 2.27. The number of aromatic nitrogens is 1. The summed E-state index contributed by atoms with van der Waals surface area (Å²) in [6.07, 6.45) is 0.0742. The Morgan fingerprint density at radius 2 is 1.95 bits per heavy atom. The Labute approximate surface area is 129 Å². The molecule has 2 aromatic rings. The third-order valence-corrected chi connectivity index (χ3v) is 3.82. The third-order valence-electron chi connectivity index (χ3n) is 3.82. The molecule has 3 rings (SSSR count). The second-order valence-corrected chi connectivity index (χ2v) is 5.71. The molecule has 1 aromatic heterocycles. The maximum Gasteiger partial charge on any atom is 0.272 e. The Morgan fingerprint density at radius 1 is 1.27 bits per heavy atom. The predicted molar refractivity (Wildman–Crippen MR) is 84.2 cm³/mol. The molecule has 1 aliphatic rings. The van der Waals surface area contributed by atoms with Gasteiger partial charge in [0.15, 0.2) is 0 Å². The fraction of sp³-hybridized carbons (Fsp3) is 0.412. The van der Waals surface area contributed by atoms with Crippen LogP contribution in [0.25, 0.3) is 10.8 Å². The van der Waals surface area contributed by atoms with Crippen molar-refractivity contribution in [3.8, 4) is 5.88 Å². The van der Waals surface area contributed by atoms with Gasteiger partial charge in [-0.1, -0.05) is 18.2 Å². The average Bonchev–Trinajstić information content (AvgIpc) is 2.52. The van der Waals surface area contributed by atoms with Crippen molar-refractivity contribution in [2.45, 2.75) is 26.1 Å². The first-order chi connectivity index (χ1) is 10.6. The molecule has 0 radical (unpaired) electrons. The minimum absolute atomic E-state index is 0.0371. The second kappa shape index (κ2) is 5.93. The lowest BCUT2D eigenvalue weighted by Gasteiger charge is -2.35. The number of carbonyl (C=O) groups is 1. The molecule has 1 amide bonds. The molecule has 0 spiro atoms. The van der Waals surface area contributed by atoms with Gasteiger partial charge in [-0.25, -0.2) is 4.98 Å². The van der Waals surface area contributed by atoms with Gasteiger partial charge in [0.1, 0.15) is 5.69 Å². The Balaban J connectivity index is 1.97. The quantitative estimate of drug-likeness (QED) is 0.855. The molecule has 22 heavy (non-hydrogen) atoms. The molecule has 116 valence electrons. The van der Waals surface area contributed by atoms with E-state index in [0.717, 1.165) is 10.8 Å². The van der Waals surface area contributed by atoms with Crippen LogP contribution in [-0.2, 0) is 4.74 Å². The SMILES string of the molecule is COc1nc(C(=O)N2CC(C)OC(C)C2)cc2ccccc12. The van der Waals surface area contributed by atoms with E-state index in [2.05, 4.69) is 4.98 Å². The topological polar surface area (TPSA) is 51.7 Å². The molecule has 1 aromatic carbocycles. The molecule has 2 atom stereocenters. The summed E-state index contributed by atoms with van der Waals surface area (Å²) in [4.78, 5) is 18.9. The van der Waals surface area contributed by atoms with Gasteiger partial charge in [0.2, 0.25) is 5.88 Å². The zero-order chi connectivity index (χ0) is 15.7. The van der Waals surface area contributed by atoms with Crippen molar-refractivity contribution < 1.29 is 14.3 Å².